The molecule has 0 spiro atoms. The normalized spacial score (nSPS) is 19.5. The second-order valence-corrected chi connectivity index (χ2v) is 7.06. The van der Waals surface area contributed by atoms with Gasteiger partial charge in [0.15, 0.2) is 5.96 Å². The van der Waals surface area contributed by atoms with Crippen molar-refractivity contribution in [3.05, 3.63) is 71.4 Å². The van der Waals surface area contributed by atoms with Gasteiger partial charge in [-0.05, 0) is 36.5 Å². The fourth-order valence-electron chi connectivity index (χ4n) is 3.68. The summed E-state index contributed by atoms with van der Waals surface area (Å²) in [5, 5.41) is 8.32. The molecule has 2 aromatic carbocycles. The third kappa shape index (κ3) is 3.45. The molecular weight excluding hydrogens is 320 g/mol. The molecule has 0 aliphatic heterocycles. The summed E-state index contributed by atoms with van der Waals surface area (Å²) < 4.78 is 0. The van der Waals surface area contributed by atoms with E-state index < -0.39 is 0 Å². The predicted molar refractivity (Wildman–Crippen MR) is 109 cm³/mol. The van der Waals surface area contributed by atoms with Crippen LogP contribution in [-0.2, 0) is 6.42 Å². The van der Waals surface area contributed by atoms with E-state index in [1.54, 1.807) is 0 Å². The van der Waals surface area contributed by atoms with Crippen LogP contribution in [-0.4, -0.2) is 30.6 Å². The van der Waals surface area contributed by atoms with Gasteiger partial charge in [-0.3, -0.25) is 4.99 Å². The first kappa shape index (κ1) is 16.7. The minimum atomic E-state index is 0.485. The van der Waals surface area contributed by atoms with Crippen LogP contribution in [0.2, 0.25) is 0 Å². The van der Waals surface area contributed by atoms with Gasteiger partial charge in [-0.25, -0.2) is 0 Å². The molecule has 1 aromatic heterocycles. The van der Waals surface area contributed by atoms with Gasteiger partial charge in [0, 0.05) is 42.7 Å². The second kappa shape index (κ2) is 7.24. The summed E-state index contributed by atoms with van der Waals surface area (Å²) in [4.78, 5) is 7.78. The van der Waals surface area contributed by atoms with E-state index in [-0.39, 0.29) is 0 Å². The van der Waals surface area contributed by atoms with E-state index in [9.17, 15) is 0 Å². The lowest BCUT2D eigenvalue weighted by atomic mass is 10.1. The van der Waals surface area contributed by atoms with Crippen molar-refractivity contribution in [1.29, 1.82) is 0 Å². The number of H-pyrrole nitrogens is 1. The zero-order chi connectivity index (χ0) is 17.9. The fourth-order valence-corrected chi connectivity index (χ4v) is 3.68. The molecule has 1 fully saturated rings. The maximum atomic E-state index is 4.38. The Hall–Kier alpha value is -2.75. The highest BCUT2D eigenvalue weighted by Gasteiger charge is 2.38. The Kier molecular flexibility index (Phi) is 4.65. The summed E-state index contributed by atoms with van der Waals surface area (Å²) >= 11 is 0. The van der Waals surface area contributed by atoms with Gasteiger partial charge in [0.25, 0.3) is 0 Å². The van der Waals surface area contributed by atoms with Gasteiger partial charge in [0.1, 0.15) is 0 Å². The zero-order valence-corrected chi connectivity index (χ0v) is 15.4. The molecule has 2 unspecified atom stereocenters. The van der Waals surface area contributed by atoms with E-state index in [4.69, 9.17) is 0 Å². The van der Waals surface area contributed by atoms with Crippen LogP contribution in [0.3, 0.4) is 0 Å². The summed E-state index contributed by atoms with van der Waals surface area (Å²) in [6, 6.07) is 17.7. The topological polar surface area (TPSA) is 52.2 Å². The predicted octanol–water partition coefficient (Wildman–Crippen LogP) is 3.74. The van der Waals surface area contributed by atoms with Gasteiger partial charge in [0.2, 0.25) is 0 Å². The van der Waals surface area contributed by atoms with Crippen LogP contribution < -0.4 is 10.6 Å². The highest BCUT2D eigenvalue weighted by molar-refractivity contribution is 5.86. The van der Waals surface area contributed by atoms with Crippen molar-refractivity contribution in [2.24, 2.45) is 4.99 Å². The van der Waals surface area contributed by atoms with Gasteiger partial charge in [-0.1, -0.05) is 48.5 Å². The molecule has 1 saturated carbocycles. The standard InChI is InChI=1S/C22H26N4/c1-15-7-6-10-18-17(14-25-21(15)18)11-12-24-22(23-2)26-20-13-19(20)16-8-4-3-5-9-16/h3-10,14,19-20,25H,11-13H2,1-2H3,(H2,23,24,26). The molecule has 1 aliphatic rings. The Balaban J connectivity index is 1.30. The summed E-state index contributed by atoms with van der Waals surface area (Å²) in [6.45, 7) is 3.01. The molecule has 0 saturated heterocycles. The molecule has 4 nitrogen and oxygen atoms in total. The number of aliphatic imine (C=N–C) groups is 1. The van der Waals surface area contributed by atoms with E-state index >= 15 is 0 Å². The number of guanidine groups is 1. The fraction of sp³-hybridized carbons (Fsp3) is 0.318. The third-order valence-corrected chi connectivity index (χ3v) is 5.26. The number of aryl methyl sites for hydroxylation is 1. The summed E-state index contributed by atoms with van der Waals surface area (Å²) in [7, 11) is 1.84. The molecule has 2 atom stereocenters. The average Bonchev–Trinajstić information content (AvgIpc) is 3.32. The van der Waals surface area contributed by atoms with Gasteiger partial charge in [-0.15, -0.1) is 0 Å². The maximum Gasteiger partial charge on any atom is 0.191 e. The molecule has 0 bridgehead atoms. The van der Waals surface area contributed by atoms with E-state index in [0.717, 1.165) is 18.9 Å². The van der Waals surface area contributed by atoms with E-state index in [1.807, 2.05) is 7.05 Å². The van der Waals surface area contributed by atoms with E-state index in [1.165, 1.54) is 34.0 Å². The van der Waals surface area contributed by atoms with Gasteiger partial charge in [-0.2, -0.15) is 0 Å². The second-order valence-electron chi connectivity index (χ2n) is 7.06. The van der Waals surface area contributed by atoms with Crippen molar-refractivity contribution in [2.45, 2.75) is 31.7 Å². The Morgan fingerprint density at radius 2 is 2.00 bits per heavy atom. The van der Waals surface area contributed by atoms with Crippen molar-refractivity contribution >= 4 is 16.9 Å². The number of hydrogen-bond acceptors (Lipinski definition) is 1. The van der Waals surface area contributed by atoms with Crippen molar-refractivity contribution in [1.82, 2.24) is 15.6 Å². The number of fused-ring (bicyclic) bond motifs is 1. The molecule has 134 valence electrons. The van der Waals surface area contributed by atoms with Crippen LogP contribution in [0.5, 0.6) is 0 Å². The minimum absolute atomic E-state index is 0.485. The Bertz CT molecular complexity index is 910. The quantitative estimate of drug-likeness (QED) is 0.487. The molecule has 3 aromatic rings. The molecule has 1 heterocycles. The van der Waals surface area contributed by atoms with Gasteiger partial charge >= 0.3 is 0 Å². The van der Waals surface area contributed by atoms with Gasteiger partial charge in [0.05, 0.1) is 0 Å². The molecule has 26 heavy (non-hydrogen) atoms. The van der Waals surface area contributed by atoms with E-state index in [2.05, 4.69) is 82.3 Å². The smallest absolute Gasteiger partial charge is 0.191 e. The molecule has 3 N–H and O–H groups in total. The highest BCUT2D eigenvalue weighted by Crippen LogP contribution is 2.40. The maximum absolute atomic E-state index is 4.38. The van der Waals surface area contributed by atoms with Crippen molar-refractivity contribution in [2.75, 3.05) is 13.6 Å². The SMILES string of the molecule is CN=C(NCCc1c[nH]c2c(C)cccc12)NC1CC1c1ccccc1. The van der Waals surface area contributed by atoms with Crippen LogP contribution in [0.15, 0.2) is 59.7 Å². The number of nitrogens with one attached hydrogen (secondary N) is 3. The minimum Gasteiger partial charge on any atom is -0.361 e. The lowest BCUT2D eigenvalue weighted by Gasteiger charge is -2.12. The summed E-state index contributed by atoms with van der Waals surface area (Å²) in [5.41, 5.74) is 5.29. The number of aromatic amines is 1. The molecule has 1 aliphatic carbocycles. The molecule has 0 radical (unpaired) electrons. The zero-order valence-electron chi connectivity index (χ0n) is 15.4. The van der Waals surface area contributed by atoms with Crippen molar-refractivity contribution in [3.8, 4) is 0 Å². The lowest BCUT2D eigenvalue weighted by molar-refractivity contribution is 0.781. The van der Waals surface area contributed by atoms with Crippen LogP contribution >= 0.6 is 0 Å². The number of rotatable bonds is 5. The summed E-state index contributed by atoms with van der Waals surface area (Å²) in [6.07, 6.45) is 4.27. The number of benzene rings is 2. The molecule has 4 heteroatoms. The lowest BCUT2D eigenvalue weighted by Crippen LogP contribution is -2.39. The van der Waals surface area contributed by atoms with Crippen molar-refractivity contribution < 1.29 is 0 Å². The monoisotopic (exact) mass is 346 g/mol. The first-order valence-electron chi connectivity index (χ1n) is 9.34. The average molecular weight is 346 g/mol. The number of para-hydroxylation sites is 1. The van der Waals surface area contributed by atoms with Crippen molar-refractivity contribution in [3.63, 3.8) is 0 Å². The van der Waals surface area contributed by atoms with Crippen LogP contribution in [0, 0.1) is 6.92 Å². The largest absolute Gasteiger partial charge is 0.361 e. The van der Waals surface area contributed by atoms with Gasteiger partial charge < -0.3 is 15.6 Å². The Morgan fingerprint density at radius 3 is 2.81 bits per heavy atom. The van der Waals surface area contributed by atoms with Crippen LogP contribution in [0.4, 0.5) is 0 Å². The first-order chi connectivity index (χ1) is 12.8. The van der Waals surface area contributed by atoms with Crippen LogP contribution in [0.1, 0.15) is 29.0 Å². The Morgan fingerprint density at radius 1 is 1.15 bits per heavy atom. The summed E-state index contributed by atoms with van der Waals surface area (Å²) in [5.74, 6) is 1.50. The number of hydrogen-bond donors (Lipinski definition) is 3. The van der Waals surface area contributed by atoms with E-state index in [0.29, 0.717) is 12.0 Å². The molecule has 4 rings (SSSR count). The number of nitrogens with zero attached hydrogens (tertiary/aromatic N) is 1. The first-order valence-corrected chi connectivity index (χ1v) is 9.34. The van der Waals surface area contributed by atoms with Crippen LogP contribution in [0.25, 0.3) is 10.9 Å². The number of aromatic nitrogens is 1. The molecular formula is C22H26N4. The highest BCUT2D eigenvalue weighted by atomic mass is 15.2. The third-order valence-electron chi connectivity index (χ3n) is 5.26. The Labute approximate surface area is 154 Å². The molecule has 0 amide bonds.